The van der Waals surface area contributed by atoms with E-state index < -0.39 is 6.36 Å². The van der Waals surface area contributed by atoms with Gasteiger partial charge in [0, 0.05) is 0 Å². The van der Waals surface area contributed by atoms with Crippen molar-refractivity contribution < 1.29 is 22.6 Å². The molecular formula is C12H15BrF3NO2. The zero-order valence-electron chi connectivity index (χ0n) is 10.4. The van der Waals surface area contributed by atoms with Gasteiger partial charge in [-0.2, -0.15) is 0 Å². The zero-order valence-corrected chi connectivity index (χ0v) is 12.0. The number of unbranched alkanes of at least 4 members (excludes halogenated alkanes) is 1. The summed E-state index contributed by atoms with van der Waals surface area (Å²) in [6.45, 7) is 1.43. The molecule has 7 heteroatoms. The van der Waals surface area contributed by atoms with E-state index in [0.29, 0.717) is 12.4 Å². The highest BCUT2D eigenvalue weighted by molar-refractivity contribution is 9.10. The van der Waals surface area contributed by atoms with Crippen LogP contribution in [-0.4, -0.2) is 26.6 Å². The lowest BCUT2D eigenvalue weighted by atomic mass is 10.3. The fourth-order valence-corrected chi connectivity index (χ4v) is 1.81. The van der Waals surface area contributed by atoms with Crippen molar-refractivity contribution in [1.29, 1.82) is 0 Å². The first-order chi connectivity index (χ1) is 8.92. The van der Waals surface area contributed by atoms with Crippen molar-refractivity contribution in [3.63, 3.8) is 0 Å². The summed E-state index contributed by atoms with van der Waals surface area (Å²) < 4.78 is 45.7. The van der Waals surface area contributed by atoms with Crippen LogP contribution in [0.1, 0.15) is 12.8 Å². The van der Waals surface area contributed by atoms with Gasteiger partial charge in [0.05, 0.1) is 11.1 Å². The Kier molecular flexibility index (Phi) is 6.44. The minimum absolute atomic E-state index is 0.206. The SMILES string of the molecule is CNCCCCOc1ccc(OC(F)(F)F)c(Br)c1. The summed E-state index contributed by atoms with van der Waals surface area (Å²) >= 11 is 3.02. The smallest absolute Gasteiger partial charge is 0.494 e. The molecule has 0 aromatic heterocycles. The summed E-state index contributed by atoms with van der Waals surface area (Å²) in [5, 5.41) is 3.02. The first kappa shape index (κ1) is 16.1. The molecule has 1 aromatic carbocycles. The molecule has 0 unspecified atom stereocenters. The number of ether oxygens (including phenoxy) is 2. The van der Waals surface area contributed by atoms with Gasteiger partial charge >= 0.3 is 6.36 Å². The second-order valence-corrected chi connectivity index (χ2v) is 4.65. The molecule has 3 nitrogen and oxygen atoms in total. The van der Waals surface area contributed by atoms with E-state index >= 15 is 0 Å². The van der Waals surface area contributed by atoms with Gasteiger partial charge in [-0.3, -0.25) is 0 Å². The van der Waals surface area contributed by atoms with Gasteiger partial charge in [-0.05, 0) is 60.6 Å². The van der Waals surface area contributed by atoms with Crippen molar-refractivity contribution in [3.8, 4) is 11.5 Å². The molecule has 1 rings (SSSR count). The zero-order chi connectivity index (χ0) is 14.3. The number of rotatable bonds is 7. The largest absolute Gasteiger partial charge is 0.573 e. The summed E-state index contributed by atoms with van der Waals surface area (Å²) in [4.78, 5) is 0. The van der Waals surface area contributed by atoms with Gasteiger partial charge in [0.2, 0.25) is 0 Å². The van der Waals surface area contributed by atoms with Gasteiger partial charge in [0.15, 0.2) is 0 Å². The van der Waals surface area contributed by atoms with Gasteiger partial charge in [0.25, 0.3) is 0 Å². The van der Waals surface area contributed by atoms with Crippen LogP contribution in [0.25, 0.3) is 0 Å². The highest BCUT2D eigenvalue weighted by Gasteiger charge is 2.31. The van der Waals surface area contributed by atoms with Crippen LogP contribution in [-0.2, 0) is 0 Å². The van der Waals surface area contributed by atoms with Crippen molar-refractivity contribution in [2.24, 2.45) is 0 Å². The van der Waals surface area contributed by atoms with E-state index in [-0.39, 0.29) is 10.2 Å². The summed E-state index contributed by atoms with van der Waals surface area (Å²) in [5.74, 6) is 0.223. The number of halogens is 4. The van der Waals surface area contributed by atoms with E-state index in [0.717, 1.165) is 19.4 Å². The van der Waals surface area contributed by atoms with Gasteiger partial charge in [0.1, 0.15) is 11.5 Å². The first-order valence-electron chi connectivity index (χ1n) is 5.75. The Labute approximate surface area is 118 Å². The minimum Gasteiger partial charge on any atom is -0.494 e. The molecule has 108 valence electrons. The Bertz CT molecular complexity index is 399. The lowest BCUT2D eigenvalue weighted by Gasteiger charge is -2.12. The Morgan fingerprint density at radius 3 is 2.58 bits per heavy atom. The molecule has 1 aromatic rings. The molecule has 0 atom stereocenters. The van der Waals surface area contributed by atoms with Crippen LogP contribution in [0.5, 0.6) is 11.5 Å². The number of hydrogen-bond donors (Lipinski definition) is 1. The fourth-order valence-electron chi connectivity index (χ4n) is 1.37. The molecule has 0 saturated carbocycles. The number of hydrogen-bond acceptors (Lipinski definition) is 3. The monoisotopic (exact) mass is 341 g/mol. The molecule has 0 radical (unpaired) electrons. The van der Waals surface area contributed by atoms with Gasteiger partial charge < -0.3 is 14.8 Å². The van der Waals surface area contributed by atoms with E-state index in [1.807, 2.05) is 7.05 Å². The predicted octanol–water partition coefficient (Wildman–Crippen LogP) is 3.73. The Hall–Kier alpha value is -0.950. The first-order valence-corrected chi connectivity index (χ1v) is 6.54. The highest BCUT2D eigenvalue weighted by Crippen LogP contribution is 2.33. The molecule has 0 aliphatic rings. The third-order valence-electron chi connectivity index (χ3n) is 2.22. The molecular weight excluding hydrogens is 327 g/mol. The third-order valence-corrected chi connectivity index (χ3v) is 2.84. The lowest BCUT2D eigenvalue weighted by Crippen LogP contribution is -2.17. The molecule has 0 aliphatic carbocycles. The fraction of sp³-hybridized carbons (Fsp3) is 0.500. The van der Waals surface area contributed by atoms with E-state index in [1.54, 1.807) is 0 Å². The standard InChI is InChI=1S/C12H15BrF3NO2/c1-17-6-2-3-7-18-9-4-5-11(10(13)8-9)19-12(14,15)16/h4-5,8,17H,2-3,6-7H2,1H3. The molecule has 1 N–H and O–H groups in total. The minimum atomic E-state index is -4.70. The van der Waals surface area contributed by atoms with E-state index in [9.17, 15) is 13.2 Å². The van der Waals surface area contributed by atoms with Crippen LogP contribution in [0, 0.1) is 0 Å². The van der Waals surface area contributed by atoms with Crippen LogP contribution in [0.15, 0.2) is 22.7 Å². The highest BCUT2D eigenvalue weighted by atomic mass is 79.9. The average Bonchev–Trinajstić information content (AvgIpc) is 2.31. The second-order valence-electron chi connectivity index (χ2n) is 3.80. The molecule has 19 heavy (non-hydrogen) atoms. The Morgan fingerprint density at radius 1 is 1.26 bits per heavy atom. The van der Waals surface area contributed by atoms with Gasteiger partial charge in [-0.15, -0.1) is 13.2 Å². The summed E-state index contributed by atoms with van der Waals surface area (Å²) in [7, 11) is 1.87. The van der Waals surface area contributed by atoms with Crippen molar-refractivity contribution in [3.05, 3.63) is 22.7 Å². The van der Waals surface area contributed by atoms with Crippen molar-refractivity contribution >= 4 is 15.9 Å². The van der Waals surface area contributed by atoms with Crippen LogP contribution in [0.3, 0.4) is 0 Å². The summed E-state index contributed by atoms with van der Waals surface area (Å²) in [6, 6.07) is 4.13. The van der Waals surface area contributed by atoms with Crippen LogP contribution >= 0.6 is 15.9 Å². The van der Waals surface area contributed by atoms with E-state index in [4.69, 9.17) is 4.74 Å². The maximum atomic E-state index is 12.1. The van der Waals surface area contributed by atoms with Crippen molar-refractivity contribution in [1.82, 2.24) is 5.32 Å². The van der Waals surface area contributed by atoms with Crippen LogP contribution < -0.4 is 14.8 Å². The molecule has 0 saturated heterocycles. The molecule has 0 heterocycles. The van der Waals surface area contributed by atoms with E-state index in [2.05, 4.69) is 26.0 Å². The number of alkyl halides is 3. The number of nitrogens with one attached hydrogen (secondary N) is 1. The second kappa shape index (κ2) is 7.59. The van der Waals surface area contributed by atoms with Crippen LogP contribution in [0.2, 0.25) is 0 Å². The predicted molar refractivity (Wildman–Crippen MR) is 69.5 cm³/mol. The average molecular weight is 342 g/mol. The molecule has 0 aliphatic heterocycles. The normalized spacial score (nSPS) is 11.4. The Balaban J connectivity index is 2.47. The van der Waals surface area contributed by atoms with Crippen molar-refractivity contribution in [2.45, 2.75) is 19.2 Å². The summed E-state index contributed by atoms with van der Waals surface area (Å²) in [5.41, 5.74) is 0. The van der Waals surface area contributed by atoms with Crippen molar-refractivity contribution in [2.75, 3.05) is 20.2 Å². The van der Waals surface area contributed by atoms with E-state index in [1.165, 1.54) is 18.2 Å². The van der Waals surface area contributed by atoms with Gasteiger partial charge in [-0.1, -0.05) is 0 Å². The maximum absolute atomic E-state index is 12.1. The molecule has 0 bridgehead atoms. The van der Waals surface area contributed by atoms with Gasteiger partial charge in [-0.25, -0.2) is 0 Å². The topological polar surface area (TPSA) is 30.5 Å². The third kappa shape index (κ3) is 6.68. The number of benzene rings is 1. The molecule has 0 spiro atoms. The van der Waals surface area contributed by atoms with Crippen LogP contribution in [0.4, 0.5) is 13.2 Å². The Morgan fingerprint density at radius 2 is 2.00 bits per heavy atom. The molecule has 0 amide bonds. The summed E-state index contributed by atoms with van der Waals surface area (Å²) in [6.07, 6.45) is -2.84. The lowest BCUT2D eigenvalue weighted by molar-refractivity contribution is -0.274. The quantitative estimate of drug-likeness (QED) is 0.766. The maximum Gasteiger partial charge on any atom is 0.573 e. The molecule has 0 fully saturated rings.